The van der Waals surface area contributed by atoms with E-state index in [1.807, 2.05) is 37.3 Å². The highest BCUT2D eigenvalue weighted by Gasteiger charge is 2.09. The van der Waals surface area contributed by atoms with Gasteiger partial charge in [-0.2, -0.15) is 0 Å². The molecule has 26 heavy (non-hydrogen) atoms. The Bertz CT molecular complexity index is 918. The van der Waals surface area contributed by atoms with E-state index in [1.54, 1.807) is 26.4 Å². The minimum Gasteiger partial charge on any atom is -0.495 e. The molecule has 0 atom stereocenters. The molecule has 0 radical (unpaired) electrons. The first-order valence-electron chi connectivity index (χ1n) is 7.94. The number of nitrogens with one attached hydrogen (secondary N) is 2. The maximum Gasteiger partial charge on any atom is 0.143 e. The van der Waals surface area contributed by atoms with E-state index in [2.05, 4.69) is 20.6 Å². The molecule has 0 aliphatic rings. The number of hydrogen-bond donors (Lipinski definition) is 2. The van der Waals surface area contributed by atoms with Crippen LogP contribution in [0.2, 0.25) is 5.02 Å². The van der Waals surface area contributed by atoms with Gasteiger partial charge in [-0.15, -0.1) is 0 Å². The molecule has 0 saturated carbocycles. The van der Waals surface area contributed by atoms with Crippen LogP contribution in [0, 0.1) is 6.92 Å². The Balaban J connectivity index is 1.85. The number of para-hydroxylation sites is 2. The van der Waals surface area contributed by atoms with Crippen LogP contribution >= 0.6 is 11.6 Å². The summed E-state index contributed by atoms with van der Waals surface area (Å²) in [5, 5.41) is 7.12. The van der Waals surface area contributed by atoms with Crippen LogP contribution < -0.4 is 20.1 Å². The number of benzene rings is 2. The molecule has 0 saturated heterocycles. The van der Waals surface area contributed by atoms with Crippen molar-refractivity contribution < 1.29 is 9.47 Å². The van der Waals surface area contributed by atoms with Gasteiger partial charge in [0.2, 0.25) is 0 Å². The minimum atomic E-state index is 0.623. The fourth-order valence-corrected chi connectivity index (χ4v) is 2.60. The van der Waals surface area contributed by atoms with Gasteiger partial charge in [0.25, 0.3) is 0 Å². The number of anilines is 4. The molecule has 0 spiro atoms. The summed E-state index contributed by atoms with van der Waals surface area (Å²) in [6.45, 7) is 1.93. The maximum atomic E-state index is 6.16. The van der Waals surface area contributed by atoms with Crippen LogP contribution in [0.25, 0.3) is 0 Å². The number of halogens is 1. The van der Waals surface area contributed by atoms with E-state index >= 15 is 0 Å². The molecule has 0 bridgehead atoms. The van der Waals surface area contributed by atoms with Crippen LogP contribution in [-0.2, 0) is 0 Å². The van der Waals surface area contributed by atoms with Gasteiger partial charge < -0.3 is 20.1 Å². The number of aromatic nitrogens is 2. The van der Waals surface area contributed by atoms with Crippen molar-refractivity contribution >= 4 is 34.6 Å². The van der Waals surface area contributed by atoms with E-state index in [0.29, 0.717) is 22.4 Å². The highest BCUT2D eigenvalue weighted by molar-refractivity contribution is 6.31. The first kappa shape index (κ1) is 17.8. The van der Waals surface area contributed by atoms with E-state index in [4.69, 9.17) is 21.1 Å². The smallest absolute Gasteiger partial charge is 0.143 e. The van der Waals surface area contributed by atoms with Crippen molar-refractivity contribution in [2.24, 2.45) is 0 Å². The molecule has 7 heteroatoms. The first-order valence-corrected chi connectivity index (χ1v) is 8.31. The third-order valence-corrected chi connectivity index (χ3v) is 4.19. The zero-order valence-electron chi connectivity index (χ0n) is 14.7. The minimum absolute atomic E-state index is 0.623. The van der Waals surface area contributed by atoms with Gasteiger partial charge in [0.15, 0.2) is 0 Å². The third-order valence-electron chi connectivity index (χ3n) is 3.78. The van der Waals surface area contributed by atoms with Crippen LogP contribution in [0.1, 0.15) is 5.56 Å². The number of nitrogens with zero attached hydrogens (tertiary/aromatic N) is 2. The summed E-state index contributed by atoms with van der Waals surface area (Å²) in [7, 11) is 3.23. The summed E-state index contributed by atoms with van der Waals surface area (Å²) in [4.78, 5) is 8.52. The summed E-state index contributed by atoms with van der Waals surface area (Å²) in [5.74, 6) is 2.63. The number of hydrogen-bond acceptors (Lipinski definition) is 6. The Morgan fingerprint density at radius 3 is 2.19 bits per heavy atom. The number of rotatable bonds is 6. The van der Waals surface area contributed by atoms with E-state index in [9.17, 15) is 0 Å². The van der Waals surface area contributed by atoms with Gasteiger partial charge in [0.1, 0.15) is 29.5 Å². The maximum absolute atomic E-state index is 6.16. The quantitative estimate of drug-likeness (QED) is 0.640. The molecular formula is C19H19ClN4O2. The largest absolute Gasteiger partial charge is 0.495 e. The van der Waals surface area contributed by atoms with E-state index in [-0.39, 0.29) is 0 Å². The van der Waals surface area contributed by atoms with Gasteiger partial charge >= 0.3 is 0 Å². The molecule has 0 fully saturated rings. The molecule has 3 aromatic rings. The average molecular weight is 371 g/mol. The fraction of sp³-hybridized carbons (Fsp3) is 0.158. The van der Waals surface area contributed by atoms with Crippen LogP contribution in [0.4, 0.5) is 23.0 Å². The molecule has 2 N–H and O–H groups in total. The van der Waals surface area contributed by atoms with Crippen molar-refractivity contribution in [2.45, 2.75) is 6.92 Å². The van der Waals surface area contributed by atoms with E-state index in [0.717, 1.165) is 22.7 Å². The lowest BCUT2D eigenvalue weighted by Crippen LogP contribution is -2.01. The summed E-state index contributed by atoms with van der Waals surface area (Å²) in [5.41, 5.74) is 2.53. The van der Waals surface area contributed by atoms with Crippen LogP contribution in [-0.4, -0.2) is 24.2 Å². The summed E-state index contributed by atoms with van der Waals surface area (Å²) in [6, 6.07) is 13.1. The average Bonchev–Trinajstić information content (AvgIpc) is 2.65. The summed E-state index contributed by atoms with van der Waals surface area (Å²) < 4.78 is 10.7. The lowest BCUT2D eigenvalue weighted by atomic mass is 10.2. The fourth-order valence-electron chi connectivity index (χ4n) is 2.45. The lowest BCUT2D eigenvalue weighted by molar-refractivity contribution is 0.416. The molecule has 3 rings (SSSR count). The molecule has 6 nitrogen and oxygen atoms in total. The molecular weight excluding hydrogens is 352 g/mol. The second-order valence-electron chi connectivity index (χ2n) is 5.54. The van der Waals surface area contributed by atoms with Crippen molar-refractivity contribution in [1.29, 1.82) is 0 Å². The van der Waals surface area contributed by atoms with Crippen molar-refractivity contribution in [2.75, 3.05) is 24.9 Å². The molecule has 134 valence electrons. The monoisotopic (exact) mass is 370 g/mol. The Kier molecular flexibility index (Phi) is 5.43. The first-order chi connectivity index (χ1) is 12.6. The van der Waals surface area contributed by atoms with Gasteiger partial charge in [-0.05, 0) is 30.7 Å². The van der Waals surface area contributed by atoms with E-state index in [1.165, 1.54) is 6.33 Å². The van der Waals surface area contributed by atoms with Crippen molar-refractivity contribution in [3.05, 3.63) is 59.4 Å². The second-order valence-corrected chi connectivity index (χ2v) is 5.95. The molecule has 1 aromatic heterocycles. The van der Waals surface area contributed by atoms with Crippen LogP contribution in [0.15, 0.2) is 48.8 Å². The normalized spacial score (nSPS) is 10.3. The van der Waals surface area contributed by atoms with Crippen molar-refractivity contribution in [3.8, 4) is 11.5 Å². The van der Waals surface area contributed by atoms with Gasteiger partial charge in [0, 0.05) is 17.2 Å². The molecule has 0 aliphatic heterocycles. The zero-order chi connectivity index (χ0) is 18.5. The Labute approximate surface area is 157 Å². The van der Waals surface area contributed by atoms with Crippen molar-refractivity contribution in [1.82, 2.24) is 9.97 Å². The SMILES string of the molecule is COc1ccccc1Nc1cc(Nc2cc(C)c(Cl)cc2OC)ncn1. The topological polar surface area (TPSA) is 68.3 Å². The molecule has 0 amide bonds. The van der Waals surface area contributed by atoms with Gasteiger partial charge in [-0.1, -0.05) is 23.7 Å². The number of methoxy groups -OCH3 is 2. The highest BCUT2D eigenvalue weighted by atomic mass is 35.5. The Hall–Kier alpha value is -2.99. The van der Waals surface area contributed by atoms with Gasteiger partial charge in [0.05, 0.1) is 25.6 Å². The lowest BCUT2D eigenvalue weighted by Gasteiger charge is -2.14. The second kappa shape index (κ2) is 7.93. The number of aryl methyl sites for hydroxylation is 1. The van der Waals surface area contributed by atoms with Crippen molar-refractivity contribution in [3.63, 3.8) is 0 Å². The zero-order valence-corrected chi connectivity index (χ0v) is 15.5. The number of ether oxygens (including phenoxy) is 2. The van der Waals surface area contributed by atoms with Gasteiger partial charge in [-0.25, -0.2) is 9.97 Å². The van der Waals surface area contributed by atoms with E-state index < -0.39 is 0 Å². The molecule has 1 heterocycles. The standard InChI is InChI=1S/C19H19ClN4O2/c1-12-8-15(17(26-3)9-13(12)20)24-19-10-18(21-11-22-19)23-14-6-4-5-7-16(14)25-2/h4-11H,1-3H3,(H2,21,22,23,24). The predicted molar refractivity (Wildman–Crippen MR) is 104 cm³/mol. The van der Waals surface area contributed by atoms with Crippen LogP contribution in [0.5, 0.6) is 11.5 Å². The predicted octanol–water partition coefficient (Wildman–Crippen LogP) is 4.94. The third kappa shape index (κ3) is 3.97. The molecule has 2 aromatic carbocycles. The summed E-state index contributed by atoms with van der Waals surface area (Å²) >= 11 is 6.16. The van der Waals surface area contributed by atoms with Gasteiger partial charge in [-0.3, -0.25) is 0 Å². The van der Waals surface area contributed by atoms with Crippen LogP contribution in [0.3, 0.4) is 0 Å². The molecule has 0 unspecified atom stereocenters. The highest BCUT2D eigenvalue weighted by Crippen LogP contribution is 2.33. The summed E-state index contributed by atoms with van der Waals surface area (Å²) in [6.07, 6.45) is 1.48. The Morgan fingerprint density at radius 2 is 1.50 bits per heavy atom. The molecule has 0 aliphatic carbocycles. The Morgan fingerprint density at radius 1 is 0.846 bits per heavy atom.